The Morgan fingerprint density at radius 2 is 1.96 bits per heavy atom. The molecule has 3 rings (SSSR count). The van der Waals surface area contributed by atoms with Gasteiger partial charge in [-0.3, -0.25) is 9.69 Å². The second-order valence-corrected chi connectivity index (χ2v) is 5.86. The molecule has 1 N–H and O–H groups in total. The lowest BCUT2D eigenvalue weighted by atomic mass is 10.0. The number of hydrogen-bond donors (Lipinski definition) is 1. The average Bonchev–Trinajstić information content (AvgIpc) is 3.26. The lowest BCUT2D eigenvalue weighted by Crippen LogP contribution is -2.32. The van der Waals surface area contributed by atoms with Crippen molar-refractivity contribution < 1.29 is 18.7 Å². The van der Waals surface area contributed by atoms with E-state index in [2.05, 4.69) is 11.0 Å². The van der Waals surface area contributed by atoms with E-state index in [9.17, 15) is 4.79 Å². The number of furan rings is 2. The van der Waals surface area contributed by atoms with E-state index in [1.165, 1.54) is 0 Å². The van der Waals surface area contributed by atoms with E-state index in [0.29, 0.717) is 0 Å². The highest BCUT2D eigenvalue weighted by atomic mass is 16.4. The van der Waals surface area contributed by atoms with E-state index >= 15 is 0 Å². The van der Waals surface area contributed by atoms with Gasteiger partial charge in [-0.15, -0.1) is 0 Å². The van der Waals surface area contributed by atoms with E-state index in [1.54, 1.807) is 25.1 Å². The molecule has 122 valence electrons. The van der Waals surface area contributed by atoms with Crippen LogP contribution in [0.2, 0.25) is 0 Å². The number of likely N-dealkylation sites (tertiary alicyclic amines) is 1. The summed E-state index contributed by atoms with van der Waals surface area (Å²) in [6.07, 6.45) is 12.1. The molecular weight excluding hydrogens is 294 g/mol. The summed E-state index contributed by atoms with van der Waals surface area (Å²) >= 11 is 0. The quantitative estimate of drug-likeness (QED) is 0.845. The van der Waals surface area contributed by atoms with Gasteiger partial charge in [0.15, 0.2) is 0 Å². The highest BCUT2D eigenvalue weighted by Gasteiger charge is 2.25. The van der Waals surface area contributed by atoms with Crippen LogP contribution in [0.1, 0.15) is 36.8 Å². The maximum Gasteiger partial charge on any atom is 0.304 e. The average molecular weight is 315 g/mol. The van der Waals surface area contributed by atoms with Crippen LogP contribution in [0.4, 0.5) is 0 Å². The highest BCUT2D eigenvalue weighted by Crippen LogP contribution is 2.26. The first-order valence-electron chi connectivity index (χ1n) is 7.95. The number of aliphatic carboxylic acids is 1. The van der Waals surface area contributed by atoms with Gasteiger partial charge in [-0.2, -0.15) is 0 Å². The highest BCUT2D eigenvalue weighted by molar-refractivity contribution is 5.78. The fourth-order valence-electron chi connectivity index (χ4n) is 3.23. The Bertz CT molecular complexity index is 606. The third-order valence-electron chi connectivity index (χ3n) is 4.34. The van der Waals surface area contributed by atoms with Crippen molar-refractivity contribution in [1.29, 1.82) is 0 Å². The molecule has 0 bridgehead atoms. The normalized spacial score (nSPS) is 18.2. The van der Waals surface area contributed by atoms with Crippen molar-refractivity contribution in [2.24, 2.45) is 0 Å². The minimum atomic E-state index is -0.713. The first-order chi connectivity index (χ1) is 11.2. The van der Waals surface area contributed by atoms with Gasteiger partial charge in [-0.25, -0.2) is 0 Å². The number of hydrogen-bond acceptors (Lipinski definition) is 4. The summed E-state index contributed by atoms with van der Waals surface area (Å²) in [5, 5.41) is 9.00. The topological polar surface area (TPSA) is 66.8 Å². The zero-order valence-electron chi connectivity index (χ0n) is 13.0. The molecule has 2 aromatic rings. The van der Waals surface area contributed by atoms with E-state index in [4.69, 9.17) is 13.9 Å². The van der Waals surface area contributed by atoms with Gasteiger partial charge in [-0.1, -0.05) is 6.08 Å². The standard InChI is InChI=1S/C18H21NO4/c20-18(21)11-16-3-1-7-19(16)8-2-4-17(14-5-9-22-12-14)15-6-10-23-13-15/h4-6,9-10,12-13,16H,1-3,7-8,11H2,(H,20,21)/t16-/m0/s1. The van der Waals surface area contributed by atoms with Crippen LogP contribution in [0.3, 0.4) is 0 Å². The fraction of sp³-hybridized carbons (Fsp3) is 0.389. The number of carboxylic acids is 1. The van der Waals surface area contributed by atoms with Crippen LogP contribution < -0.4 is 0 Å². The number of carboxylic acid groups (broad SMARTS) is 1. The zero-order chi connectivity index (χ0) is 16.1. The Hall–Kier alpha value is -2.27. The smallest absolute Gasteiger partial charge is 0.304 e. The molecule has 1 atom stereocenters. The Morgan fingerprint density at radius 1 is 1.26 bits per heavy atom. The van der Waals surface area contributed by atoms with Gasteiger partial charge in [-0.05, 0) is 43.5 Å². The Labute approximate surface area is 135 Å². The summed E-state index contributed by atoms with van der Waals surface area (Å²) in [7, 11) is 0. The number of nitrogens with zero attached hydrogens (tertiary/aromatic N) is 1. The van der Waals surface area contributed by atoms with E-state index in [1.807, 2.05) is 12.1 Å². The summed E-state index contributed by atoms with van der Waals surface area (Å²) in [4.78, 5) is 13.2. The molecule has 0 amide bonds. The second kappa shape index (κ2) is 7.33. The summed E-state index contributed by atoms with van der Waals surface area (Å²) in [5.41, 5.74) is 3.13. The van der Waals surface area contributed by atoms with Gasteiger partial charge in [0.05, 0.1) is 31.5 Å². The molecule has 5 heteroatoms. The van der Waals surface area contributed by atoms with Crippen LogP contribution in [0.5, 0.6) is 0 Å². The van der Waals surface area contributed by atoms with E-state index in [-0.39, 0.29) is 12.5 Å². The van der Waals surface area contributed by atoms with Crippen molar-refractivity contribution in [1.82, 2.24) is 4.90 Å². The lowest BCUT2D eigenvalue weighted by molar-refractivity contribution is -0.138. The molecule has 0 aromatic carbocycles. The van der Waals surface area contributed by atoms with Gasteiger partial charge >= 0.3 is 5.97 Å². The van der Waals surface area contributed by atoms with Crippen molar-refractivity contribution >= 4 is 11.5 Å². The van der Waals surface area contributed by atoms with E-state index in [0.717, 1.165) is 49.1 Å². The SMILES string of the molecule is O=C(O)C[C@@H]1CCCN1CCC=C(c1ccoc1)c1ccoc1. The van der Waals surface area contributed by atoms with Crippen LogP contribution >= 0.6 is 0 Å². The molecule has 1 aliphatic rings. The molecular formula is C18H21NO4. The molecule has 0 spiro atoms. The largest absolute Gasteiger partial charge is 0.481 e. The van der Waals surface area contributed by atoms with Gasteiger partial charge in [0.2, 0.25) is 0 Å². The molecule has 2 aromatic heterocycles. The maximum absolute atomic E-state index is 10.9. The minimum Gasteiger partial charge on any atom is -0.481 e. The number of carbonyl (C=O) groups is 1. The molecule has 23 heavy (non-hydrogen) atoms. The molecule has 1 saturated heterocycles. The van der Waals surface area contributed by atoms with Gasteiger partial charge in [0, 0.05) is 23.7 Å². The molecule has 0 saturated carbocycles. The molecule has 5 nitrogen and oxygen atoms in total. The first kappa shape index (κ1) is 15.6. The molecule has 1 fully saturated rings. The van der Waals surface area contributed by atoms with Crippen LogP contribution in [0.15, 0.2) is 52.1 Å². The Balaban J connectivity index is 1.66. The fourth-order valence-corrected chi connectivity index (χ4v) is 3.23. The summed E-state index contributed by atoms with van der Waals surface area (Å²) < 4.78 is 10.4. The molecule has 0 unspecified atom stereocenters. The van der Waals surface area contributed by atoms with Gasteiger partial charge < -0.3 is 13.9 Å². The first-order valence-corrected chi connectivity index (χ1v) is 7.95. The van der Waals surface area contributed by atoms with E-state index < -0.39 is 5.97 Å². The van der Waals surface area contributed by atoms with Gasteiger partial charge in [0.1, 0.15) is 0 Å². The van der Waals surface area contributed by atoms with Crippen LogP contribution in [0.25, 0.3) is 5.57 Å². The summed E-state index contributed by atoms with van der Waals surface area (Å²) in [6.45, 7) is 1.86. The van der Waals surface area contributed by atoms with Crippen molar-refractivity contribution in [3.63, 3.8) is 0 Å². The molecule has 1 aliphatic heterocycles. The van der Waals surface area contributed by atoms with Crippen molar-refractivity contribution in [3.05, 3.63) is 54.4 Å². The third kappa shape index (κ3) is 3.93. The lowest BCUT2D eigenvalue weighted by Gasteiger charge is -2.22. The van der Waals surface area contributed by atoms with Crippen LogP contribution in [-0.2, 0) is 4.79 Å². The van der Waals surface area contributed by atoms with Crippen LogP contribution in [-0.4, -0.2) is 35.1 Å². The zero-order valence-corrected chi connectivity index (χ0v) is 13.0. The summed E-state index contributed by atoms with van der Waals surface area (Å²) in [6, 6.07) is 4.04. The Morgan fingerprint density at radius 3 is 2.52 bits per heavy atom. The Kier molecular flexibility index (Phi) is 4.98. The molecule has 0 radical (unpaired) electrons. The predicted molar refractivity (Wildman–Crippen MR) is 86.0 cm³/mol. The molecule has 0 aliphatic carbocycles. The summed E-state index contributed by atoms with van der Waals surface area (Å²) in [5.74, 6) is -0.713. The minimum absolute atomic E-state index is 0.173. The van der Waals surface area contributed by atoms with Crippen LogP contribution in [0, 0.1) is 0 Å². The number of rotatable bonds is 7. The second-order valence-electron chi connectivity index (χ2n) is 5.86. The molecule has 3 heterocycles. The van der Waals surface area contributed by atoms with Gasteiger partial charge in [0.25, 0.3) is 0 Å². The van der Waals surface area contributed by atoms with Crippen molar-refractivity contribution in [2.75, 3.05) is 13.1 Å². The van der Waals surface area contributed by atoms with Crippen molar-refractivity contribution in [3.8, 4) is 0 Å². The predicted octanol–water partition coefficient (Wildman–Crippen LogP) is 3.63. The van der Waals surface area contributed by atoms with Crippen molar-refractivity contribution in [2.45, 2.75) is 31.7 Å². The monoisotopic (exact) mass is 315 g/mol. The third-order valence-corrected chi connectivity index (χ3v) is 4.34. The maximum atomic E-state index is 10.9.